The summed E-state index contributed by atoms with van der Waals surface area (Å²) < 4.78 is 6.21. The fourth-order valence-corrected chi connectivity index (χ4v) is 2.83. The zero-order chi connectivity index (χ0) is 19.0. The smallest absolute Gasteiger partial charge is 0.335 e. The van der Waals surface area contributed by atoms with Crippen molar-refractivity contribution < 1.29 is 9.84 Å². The van der Waals surface area contributed by atoms with Crippen molar-refractivity contribution in [1.29, 1.82) is 0 Å². The molecule has 1 aliphatic rings. The van der Waals surface area contributed by atoms with Crippen molar-refractivity contribution in [2.24, 2.45) is 9.98 Å². The zero-order valence-electron chi connectivity index (χ0n) is 14.2. The molecule has 0 amide bonds. The molecule has 2 heterocycles. The van der Waals surface area contributed by atoms with Gasteiger partial charge in [-0.2, -0.15) is 0 Å². The molecule has 0 saturated carbocycles. The summed E-state index contributed by atoms with van der Waals surface area (Å²) in [5, 5.41) is 12.0. The Hall–Kier alpha value is -3.94. The molecule has 8 nitrogen and oxygen atoms in total. The van der Waals surface area contributed by atoms with Crippen molar-refractivity contribution in [2.45, 2.75) is 0 Å². The van der Waals surface area contributed by atoms with Crippen molar-refractivity contribution in [3.8, 4) is 17.3 Å². The monoisotopic (exact) mass is 362 g/mol. The highest BCUT2D eigenvalue weighted by Gasteiger charge is 2.17. The van der Waals surface area contributed by atoms with Gasteiger partial charge in [-0.25, -0.2) is 19.3 Å². The Bertz CT molecular complexity index is 1280. The maximum absolute atomic E-state index is 12.3. The standard InChI is InChI=1S/C19H14N4O4/c1-27-15-9-5-4-8-14(15)23-18(25)11(17(24)22-19(23)26)10-16-20-12-6-2-3-7-13(12)21-16/h2-10,25H,1H3,(H,22,24,26). The van der Waals surface area contributed by atoms with Crippen LogP contribution >= 0.6 is 0 Å². The van der Waals surface area contributed by atoms with Gasteiger partial charge in [-0.15, -0.1) is 0 Å². The van der Waals surface area contributed by atoms with E-state index in [9.17, 15) is 14.7 Å². The van der Waals surface area contributed by atoms with Gasteiger partial charge in [0.15, 0.2) is 5.82 Å². The van der Waals surface area contributed by atoms with Gasteiger partial charge >= 0.3 is 5.69 Å². The first-order chi connectivity index (χ1) is 13.1. The number of ether oxygens (including phenoxy) is 1. The van der Waals surface area contributed by atoms with Crippen LogP contribution in [0.2, 0.25) is 0 Å². The highest BCUT2D eigenvalue weighted by atomic mass is 16.5. The third-order valence-corrected chi connectivity index (χ3v) is 4.07. The van der Waals surface area contributed by atoms with E-state index in [0.717, 1.165) is 4.57 Å². The largest absolute Gasteiger partial charge is 0.495 e. The van der Waals surface area contributed by atoms with E-state index in [2.05, 4.69) is 15.0 Å². The van der Waals surface area contributed by atoms with Crippen LogP contribution in [0.1, 0.15) is 5.56 Å². The van der Waals surface area contributed by atoms with E-state index in [1.165, 1.54) is 13.2 Å². The van der Waals surface area contributed by atoms with E-state index in [-0.39, 0.29) is 11.4 Å². The summed E-state index contributed by atoms with van der Waals surface area (Å²) in [4.78, 5) is 35.4. The molecule has 0 radical (unpaired) electrons. The Morgan fingerprint density at radius 3 is 2.33 bits per heavy atom. The molecule has 8 heteroatoms. The molecule has 2 N–H and O–H groups in total. The number of hydrogen-bond acceptors (Lipinski definition) is 6. The summed E-state index contributed by atoms with van der Waals surface area (Å²) in [6.45, 7) is 0. The minimum Gasteiger partial charge on any atom is -0.495 e. The van der Waals surface area contributed by atoms with Crippen LogP contribution in [0, 0.1) is 0 Å². The van der Waals surface area contributed by atoms with Gasteiger partial charge in [0.2, 0.25) is 5.88 Å². The highest BCUT2D eigenvalue weighted by molar-refractivity contribution is 5.59. The second kappa shape index (κ2) is 6.41. The van der Waals surface area contributed by atoms with Crippen LogP contribution in [-0.4, -0.2) is 21.8 Å². The van der Waals surface area contributed by atoms with Crippen molar-refractivity contribution >= 4 is 6.08 Å². The lowest BCUT2D eigenvalue weighted by Crippen LogP contribution is -2.30. The van der Waals surface area contributed by atoms with Gasteiger partial charge in [-0.3, -0.25) is 9.78 Å². The SMILES string of the molecule is COc1ccccc1-n1c(O)c(C=C2N=c3ccccc3=N2)c(=O)[nH]c1=O. The zero-order valence-corrected chi connectivity index (χ0v) is 14.2. The number of aromatic hydroxyl groups is 1. The highest BCUT2D eigenvalue weighted by Crippen LogP contribution is 2.26. The first-order valence-corrected chi connectivity index (χ1v) is 8.04. The fraction of sp³-hybridized carbons (Fsp3) is 0.0526. The van der Waals surface area contributed by atoms with Crippen LogP contribution < -0.4 is 26.7 Å². The Balaban J connectivity index is 1.94. The third kappa shape index (κ3) is 2.82. The molecule has 4 rings (SSSR count). The second-order valence-corrected chi connectivity index (χ2v) is 5.72. The first kappa shape index (κ1) is 16.5. The van der Waals surface area contributed by atoms with Gasteiger partial charge in [0.05, 0.1) is 23.5 Å². The van der Waals surface area contributed by atoms with E-state index < -0.39 is 17.1 Å². The first-order valence-electron chi connectivity index (χ1n) is 8.04. The molecular weight excluding hydrogens is 348 g/mol. The molecule has 3 aromatic rings. The molecule has 0 unspecified atom stereocenters. The van der Waals surface area contributed by atoms with Crippen LogP contribution in [0.5, 0.6) is 11.6 Å². The summed E-state index contributed by atoms with van der Waals surface area (Å²) >= 11 is 0. The van der Waals surface area contributed by atoms with Crippen molar-refractivity contribution in [3.63, 3.8) is 0 Å². The molecular formula is C19H14N4O4. The van der Waals surface area contributed by atoms with E-state index in [0.29, 0.717) is 22.2 Å². The van der Waals surface area contributed by atoms with Gasteiger partial charge in [0.1, 0.15) is 11.3 Å². The van der Waals surface area contributed by atoms with Crippen LogP contribution in [-0.2, 0) is 0 Å². The number of nitrogens with one attached hydrogen (secondary N) is 1. The molecule has 27 heavy (non-hydrogen) atoms. The van der Waals surface area contributed by atoms with Gasteiger partial charge in [0, 0.05) is 6.08 Å². The predicted octanol–water partition coefficient (Wildman–Crippen LogP) is 0.491. The maximum atomic E-state index is 12.3. The molecule has 1 aromatic heterocycles. The van der Waals surface area contributed by atoms with Gasteiger partial charge in [0.25, 0.3) is 5.56 Å². The number of fused-ring (bicyclic) bond motifs is 1. The summed E-state index contributed by atoms with van der Waals surface area (Å²) in [5.41, 5.74) is -1.36. The number of aromatic amines is 1. The molecule has 0 spiro atoms. The average molecular weight is 362 g/mol. The van der Waals surface area contributed by atoms with E-state index in [1.54, 1.807) is 36.4 Å². The van der Waals surface area contributed by atoms with Crippen molar-refractivity contribution in [2.75, 3.05) is 7.11 Å². The Morgan fingerprint density at radius 2 is 1.67 bits per heavy atom. The quantitative estimate of drug-likeness (QED) is 0.707. The minimum absolute atomic E-state index is 0.129. The van der Waals surface area contributed by atoms with E-state index in [4.69, 9.17) is 4.74 Å². The number of para-hydroxylation sites is 4. The number of aromatic nitrogens is 2. The number of nitrogens with zero attached hydrogens (tertiary/aromatic N) is 3. The average Bonchev–Trinajstić information content (AvgIpc) is 3.08. The molecule has 134 valence electrons. The van der Waals surface area contributed by atoms with Gasteiger partial charge in [-0.05, 0) is 24.3 Å². The molecule has 0 atom stereocenters. The molecule has 0 fully saturated rings. The molecule has 0 bridgehead atoms. The lowest BCUT2D eigenvalue weighted by Gasteiger charge is -2.13. The Labute approximate surface area is 152 Å². The maximum Gasteiger partial charge on any atom is 0.335 e. The lowest BCUT2D eigenvalue weighted by atomic mass is 10.2. The number of methoxy groups -OCH3 is 1. The fourth-order valence-electron chi connectivity index (χ4n) is 2.83. The van der Waals surface area contributed by atoms with Crippen molar-refractivity contribution in [3.05, 3.63) is 91.5 Å². The second-order valence-electron chi connectivity index (χ2n) is 5.72. The number of rotatable bonds is 3. The third-order valence-electron chi connectivity index (χ3n) is 4.07. The summed E-state index contributed by atoms with van der Waals surface area (Å²) in [6.07, 6.45) is 1.33. The Morgan fingerprint density at radius 1 is 1.04 bits per heavy atom. The number of benzene rings is 2. The lowest BCUT2D eigenvalue weighted by molar-refractivity contribution is 0.401. The van der Waals surface area contributed by atoms with Crippen LogP contribution in [0.15, 0.2) is 73.9 Å². The Kier molecular flexibility index (Phi) is 3.92. The molecule has 0 saturated heterocycles. The number of H-pyrrole nitrogens is 1. The van der Waals surface area contributed by atoms with Crippen molar-refractivity contribution in [1.82, 2.24) is 9.55 Å². The van der Waals surface area contributed by atoms with E-state index >= 15 is 0 Å². The molecule has 2 aromatic carbocycles. The minimum atomic E-state index is -0.785. The summed E-state index contributed by atoms with van der Waals surface area (Å²) in [6, 6.07) is 13.9. The summed E-state index contributed by atoms with van der Waals surface area (Å²) in [7, 11) is 1.45. The molecule has 0 aliphatic carbocycles. The van der Waals surface area contributed by atoms with E-state index in [1.807, 2.05) is 12.1 Å². The van der Waals surface area contributed by atoms with Gasteiger partial charge in [-0.1, -0.05) is 24.3 Å². The van der Waals surface area contributed by atoms with Crippen LogP contribution in [0.3, 0.4) is 0 Å². The molecule has 1 aliphatic heterocycles. The number of hydrogen-bond donors (Lipinski definition) is 2. The van der Waals surface area contributed by atoms with Crippen LogP contribution in [0.25, 0.3) is 11.8 Å². The normalized spacial score (nSPS) is 12.1. The van der Waals surface area contributed by atoms with Gasteiger partial charge < -0.3 is 9.84 Å². The summed E-state index contributed by atoms with van der Waals surface area (Å²) in [5.74, 6) is 0.0903. The van der Waals surface area contributed by atoms with Crippen LogP contribution in [0.4, 0.5) is 0 Å². The predicted molar refractivity (Wildman–Crippen MR) is 97.6 cm³/mol. The topological polar surface area (TPSA) is 109 Å².